The largest absolute Gasteiger partial charge is 0.368 e. The summed E-state index contributed by atoms with van der Waals surface area (Å²) in [4.78, 5) is 23.1. The van der Waals surface area contributed by atoms with Crippen molar-refractivity contribution < 1.29 is 9.59 Å². The third kappa shape index (κ3) is 3.32. The van der Waals surface area contributed by atoms with E-state index >= 15 is 0 Å². The van der Waals surface area contributed by atoms with Gasteiger partial charge >= 0.3 is 0 Å². The molecule has 0 aliphatic heterocycles. The first-order chi connectivity index (χ1) is 8.45. The highest BCUT2D eigenvalue weighted by Crippen LogP contribution is 2.07. The van der Waals surface area contributed by atoms with Crippen LogP contribution in [0.1, 0.15) is 29.8 Å². The van der Waals surface area contributed by atoms with Crippen molar-refractivity contribution in [2.24, 2.45) is 11.7 Å². The molecular formula is C13H15N3O2. The van der Waals surface area contributed by atoms with Gasteiger partial charge in [0.2, 0.25) is 5.91 Å². The van der Waals surface area contributed by atoms with E-state index < -0.39 is 17.9 Å². The Morgan fingerprint density at radius 3 is 2.56 bits per heavy atom. The van der Waals surface area contributed by atoms with Crippen LogP contribution in [0.25, 0.3) is 0 Å². The van der Waals surface area contributed by atoms with Crippen LogP contribution >= 0.6 is 0 Å². The van der Waals surface area contributed by atoms with Crippen molar-refractivity contribution in [3.8, 4) is 6.07 Å². The Morgan fingerprint density at radius 1 is 1.39 bits per heavy atom. The first-order valence-electron chi connectivity index (χ1n) is 5.56. The van der Waals surface area contributed by atoms with Gasteiger partial charge in [-0.05, 0) is 24.1 Å². The van der Waals surface area contributed by atoms with Crippen LogP contribution in [-0.4, -0.2) is 17.9 Å². The maximum Gasteiger partial charge on any atom is 0.251 e. The average molecular weight is 245 g/mol. The van der Waals surface area contributed by atoms with Crippen LogP contribution in [0, 0.1) is 17.2 Å². The fraction of sp³-hybridized carbons (Fsp3) is 0.308. The Hall–Kier alpha value is -2.35. The molecule has 0 fully saturated rings. The third-order valence-electron chi connectivity index (χ3n) is 2.51. The maximum atomic E-state index is 11.9. The molecule has 1 atom stereocenters. The molecule has 5 heteroatoms. The molecule has 2 amide bonds. The number of hydrogen-bond donors (Lipinski definition) is 2. The van der Waals surface area contributed by atoms with E-state index in [0.29, 0.717) is 11.1 Å². The molecule has 0 aromatic heterocycles. The van der Waals surface area contributed by atoms with Crippen molar-refractivity contribution in [3.05, 3.63) is 35.4 Å². The summed E-state index contributed by atoms with van der Waals surface area (Å²) < 4.78 is 0. The summed E-state index contributed by atoms with van der Waals surface area (Å²) in [6, 6.07) is 7.49. The lowest BCUT2D eigenvalue weighted by atomic mass is 10.0. The predicted octanol–water partition coefficient (Wildman–Crippen LogP) is 0.798. The lowest BCUT2D eigenvalue weighted by molar-refractivity contribution is -0.120. The Balaban J connectivity index is 2.87. The Labute approximate surface area is 106 Å². The number of hydrogen-bond acceptors (Lipinski definition) is 3. The van der Waals surface area contributed by atoms with Gasteiger partial charge in [0, 0.05) is 5.56 Å². The van der Waals surface area contributed by atoms with Gasteiger partial charge in [-0.3, -0.25) is 9.59 Å². The molecule has 3 N–H and O–H groups in total. The van der Waals surface area contributed by atoms with Gasteiger partial charge in [0.15, 0.2) is 0 Å². The van der Waals surface area contributed by atoms with E-state index in [2.05, 4.69) is 5.32 Å². The minimum absolute atomic E-state index is 0.0920. The van der Waals surface area contributed by atoms with Gasteiger partial charge in [0.25, 0.3) is 5.91 Å². The lowest BCUT2D eigenvalue weighted by Crippen LogP contribution is -2.47. The topological polar surface area (TPSA) is 96.0 Å². The van der Waals surface area contributed by atoms with Crippen LogP contribution < -0.4 is 11.1 Å². The number of carbonyl (C=O) groups is 2. The van der Waals surface area contributed by atoms with E-state index in [-0.39, 0.29) is 5.92 Å². The molecule has 0 aliphatic carbocycles. The van der Waals surface area contributed by atoms with E-state index in [1.54, 1.807) is 32.0 Å². The molecule has 0 bridgehead atoms. The highest BCUT2D eigenvalue weighted by Gasteiger charge is 2.22. The van der Waals surface area contributed by atoms with Crippen molar-refractivity contribution in [2.75, 3.05) is 0 Å². The fourth-order valence-corrected chi connectivity index (χ4v) is 1.52. The second-order valence-corrected chi connectivity index (χ2v) is 4.29. The van der Waals surface area contributed by atoms with E-state index in [1.165, 1.54) is 6.07 Å². The highest BCUT2D eigenvalue weighted by molar-refractivity contribution is 5.97. The van der Waals surface area contributed by atoms with E-state index in [0.717, 1.165) is 0 Å². The smallest absolute Gasteiger partial charge is 0.251 e. The molecule has 0 spiro atoms. The molecule has 1 aromatic rings. The molecular weight excluding hydrogens is 230 g/mol. The fourth-order valence-electron chi connectivity index (χ4n) is 1.52. The minimum Gasteiger partial charge on any atom is -0.368 e. The van der Waals surface area contributed by atoms with Gasteiger partial charge in [0.05, 0.1) is 11.6 Å². The number of nitriles is 1. The molecule has 0 radical (unpaired) electrons. The van der Waals surface area contributed by atoms with Gasteiger partial charge in [-0.1, -0.05) is 19.9 Å². The van der Waals surface area contributed by atoms with Crippen LogP contribution in [0.5, 0.6) is 0 Å². The normalized spacial score (nSPS) is 11.7. The summed E-state index contributed by atoms with van der Waals surface area (Å²) in [5, 5.41) is 11.3. The zero-order chi connectivity index (χ0) is 13.7. The summed E-state index contributed by atoms with van der Waals surface area (Å²) in [7, 11) is 0. The SMILES string of the molecule is CC(C)[C@H](NC(=O)c1cccc(C#N)c1)C(N)=O. The number of nitrogens with one attached hydrogen (secondary N) is 1. The standard InChI is InChI=1S/C13H15N3O2/c1-8(2)11(12(15)17)16-13(18)10-5-3-4-9(6-10)7-14/h3-6,8,11H,1-2H3,(H2,15,17)(H,16,18)/t11-/m0/s1. The zero-order valence-corrected chi connectivity index (χ0v) is 10.3. The zero-order valence-electron chi connectivity index (χ0n) is 10.3. The molecule has 0 aliphatic rings. The number of nitrogens with two attached hydrogens (primary N) is 1. The molecule has 94 valence electrons. The van der Waals surface area contributed by atoms with Crippen LogP contribution in [0.3, 0.4) is 0 Å². The monoisotopic (exact) mass is 245 g/mol. The predicted molar refractivity (Wildman–Crippen MR) is 66.4 cm³/mol. The quantitative estimate of drug-likeness (QED) is 0.821. The van der Waals surface area contributed by atoms with Crippen LogP contribution in [0.2, 0.25) is 0 Å². The first kappa shape index (κ1) is 13.7. The molecule has 0 saturated heterocycles. The van der Waals surface area contributed by atoms with Crippen molar-refractivity contribution in [2.45, 2.75) is 19.9 Å². The minimum atomic E-state index is -0.719. The van der Waals surface area contributed by atoms with Crippen molar-refractivity contribution in [1.82, 2.24) is 5.32 Å². The van der Waals surface area contributed by atoms with E-state index in [9.17, 15) is 9.59 Å². The number of rotatable bonds is 4. The first-order valence-corrected chi connectivity index (χ1v) is 5.56. The molecule has 5 nitrogen and oxygen atoms in total. The molecule has 0 heterocycles. The van der Waals surface area contributed by atoms with Gasteiger partial charge in [-0.15, -0.1) is 0 Å². The second-order valence-electron chi connectivity index (χ2n) is 4.29. The van der Waals surface area contributed by atoms with Crippen LogP contribution in [0.15, 0.2) is 24.3 Å². The number of benzene rings is 1. The number of amides is 2. The van der Waals surface area contributed by atoms with Crippen molar-refractivity contribution in [3.63, 3.8) is 0 Å². The van der Waals surface area contributed by atoms with Crippen LogP contribution in [0.4, 0.5) is 0 Å². The molecule has 0 saturated carbocycles. The summed E-state index contributed by atoms with van der Waals surface area (Å²) in [5.41, 5.74) is 5.94. The molecule has 18 heavy (non-hydrogen) atoms. The molecule has 0 unspecified atom stereocenters. The van der Waals surface area contributed by atoms with Crippen molar-refractivity contribution in [1.29, 1.82) is 5.26 Å². The third-order valence-corrected chi connectivity index (χ3v) is 2.51. The average Bonchev–Trinajstić information content (AvgIpc) is 2.34. The second kappa shape index (κ2) is 5.82. The Bertz CT molecular complexity index is 503. The van der Waals surface area contributed by atoms with Gasteiger partial charge < -0.3 is 11.1 Å². The van der Waals surface area contributed by atoms with Crippen molar-refractivity contribution >= 4 is 11.8 Å². The summed E-state index contributed by atoms with van der Waals surface area (Å²) >= 11 is 0. The number of primary amides is 1. The molecule has 1 rings (SSSR count). The van der Waals surface area contributed by atoms with E-state index in [4.69, 9.17) is 11.0 Å². The summed E-state index contributed by atoms with van der Waals surface area (Å²) in [6.45, 7) is 3.59. The lowest BCUT2D eigenvalue weighted by Gasteiger charge is -2.18. The van der Waals surface area contributed by atoms with Crippen LogP contribution in [-0.2, 0) is 4.79 Å². The van der Waals surface area contributed by atoms with Gasteiger partial charge in [-0.25, -0.2) is 0 Å². The number of nitrogens with zero attached hydrogens (tertiary/aromatic N) is 1. The highest BCUT2D eigenvalue weighted by atomic mass is 16.2. The van der Waals surface area contributed by atoms with Gasteiger partial charge in [0.1, 0.15) is 6.04 Å². The van der Waals surface area contributed by atoms with Gasteiger partial charge in [-0.2, -0.15) is 5.26 Å². The summed E-state index contributed by atoms with van der Waals surface area (Å²) in [6.07, 6.45) is 0. The van der Waals surface area contributed by atoms with E-state index in [1.807, 2.05) is 6.07 Å². The molecule has 1 aromatic carbocycles. The number of carbonyl (C=O) groups excluding carboxylic acids is 2. The summed E-state index contributed by atoms with van der Waals surface area (Å²) in [5.74, 6) is -1.08. The maximum absolute atomic E-state index is 11.9. The Morgan fingerprint density at radius 2 is 2.06 bits per heavy atom. The Kier molecular flexibility index (Phi) is 4.44.